The molecule has 2 fully saturated rings. The lowest BCUT2D eigenvalue weighted by Gasteiger charge is -2.31. The summed E-state index contributed by atoms with van der Waals surface area (Å²) in [6, 6.07) is 26.3. The van der Waals surface area contributed by atoms with Crippen LogP contribution in [0.2, 0.25) is 0 Å². The number of hydrogen-bond donors (Lipinski definition) is 3. The number of carboxylic acid groups (broad SMARTS) is 1. The van der Waals surface area contributed by atoms with Gasteiger partial charge in [-0.25, -0.2) is 0 Å². The van der Waals surface area contributed by atoms with Crippen molar-refractivity contribution in [1.29, 1.82) is 0 Å². The highest BCUT2D eigenvalue weighted by molar-refractivity contribution is 6.09. The van der Waals surface area contributed by atoms with Crippen LogP contribution >= 0.6 is 0 Å². The molecule has 11 heteroatoms. The number of amides is 2. The molecule has 3 heterocycles. The highest BCUT2D eigenvalue weighted by Gasteiger charge is 2.68. The Morgan fingerprint density at radius 1 is 0.872 bits per heavy atom. The number of hydrogen-bond acceptors (Lipinski definition) is 5. The zero-order valence-corrected chi connectivity index (χ0v) is 24.7. The van der Waals surface area contributed by atoms with E-state index in [1.54, 1.807) is 54.7 Å². The summed E-state index contributed by atoms with van der Waals surface area (Å²) >= 11 is 0. The number of fused-ring (bicyclic) bond motifs is 2. The number of benzene rings is 4. The number of imide groups is 1. The number of aromatic amines is 1. The molecule has 0 radical (unpaired) electrons. The average Bonchev–Trinajstić information content (AvgIpc) is 3.70. The van der Waals surface area contributed by atoms with Gasteiger partial charge in [-0.2, -0.15) is 13.2 Å². The monoisotopic (exact) mass is 639 g/mol. The number of alkyl halides is 3. The maximum absolute atomic E-state index is 14.2. The van der Waals surface area contributed by atoms with Crippen LogP contribution in [0.5, 0.6) is 11.5 Å². The summed E-state index contributed by atoms with van der Waals surface area (Å²) in [7, 11) is 0. The fourth-order valence-electron chi connectivity index (χ4n) is 6.93. The quantitative estimate of drug-likeness (QED) is 0.168. The van der Waals surface area contributed by atoms with Crippen molar-refractivity contribution in [3.8, 4) is 11.5 Å². The molecule has 0 aliphatic carbocycles. The van der Waals surface area contributed by atoms with E-state index < -0.39 is 52.9 Å². The van der Waals surface area contributed by atoms with Gasteiger partial charge in [0.15, 0.2) is 0 Å². The van der Waals surface area contributed by atoms with Gasteiger partial charge >= 0.3 is 12.1 Å². The predicted octanol–water partition coefficient (Wildman–Crippen LogP) is 6.49. The van der Waals surface area contributed by atoms with Crippen molar-refractivity contribution in [2.24, 2.45) is 11.8 Å². The lowest BCUT2D eigenvalue weighted by Crippen LogP contribution is -2.57. The molecule has 2 aliphatic heterocycles. The Hall–Kier alpha value is -5.42. The molecule has 0 spiro atoms. The number of rotatable bonds is 8. The summed E-state index contributed by atoms with van der Waals surface area (Å²) in [6.45, 7) is -0.0142. The van der Waals surface area contributed by atoms with Gasteiger partial charge in [0, 0.05) is 29.6 Å². The van der Waals surface area contributed by atoms with Gasteiger partial charge in [-0.05, 0) is 53.1 Å². The first-order chi connectivity index (χ1) is 22.5. The number of likely N-dealkylation sites (tertiary alicyclic amines) is 1. The number of ether oxygens (including phenoxy) is 1. The van der Waals surface area contributed by atoms with E-state index in [-0.39, 0.29) is 24.5 Å². The molecule has 238 valence electrons. The first-order valence-electron chi connectivity index (χ1n) is 15.0. The summed E-state index contributed by atoms with van der Waals surface area (Å²) in [5, 5.41) is 14.9. The summed E-state index contributed by atoms with van der Waals surface area (Å²) in [4.78, 5) is 46.0. The number of para-hydroxylation sites is 1. The highest BCUT2D eigenvalue weighted by Crippen LogP contribution is 2.51. The van der Waals surface area contributed by atoms with Crippen LogP contribution in [0.15, 0.2) is 109 Å². The standard InChI is InChI=1S/C36H28F3N3O5/c37-36(38,39)24-11-7-13-26(17-24)47-25-12-6-10-22(16-25)31-29-30(33(44)42(32(29)43)20-21-8-2-1-3-9-21)35(41-31,34(45)46)18-23-19-40-28-15-5-4-14-27(23)28/h1-17,19,29-31,40-41H,18,20H2,(H,45,46). The minimum atomic E-state index is -4.56. The largest absolute Gasteiger partial charge is 0.480 e. The lowest BCUT2D eigenvalue weighted by atomic mass is 9.76. The van der Waals surface area contributed by atoms with Crippen molar-refractivity contribution in [2.75, 3.05) is 0 Å². The summed E-state index contributed by atoms with van der Waals surface area (Å²) in [5.74, 6) is -4.55. The first kappa shape index (κ1) is 30.2. The number of carboxylic acids is 1. The molecule has 1 aromatic heterocycles. The third kappa shape index (κ3) is 5.32. The van der Waals surface area contributed by atoms with Gasteiger partial charge in [0.05, 0.1) is 23.9 Å². The van der Waals surface area contributed by atoms with Crippen LogP contribution in [0.4, 0.5) is 13.2 Å². The van der Waals surface area contributed by atoms with Crippen LogP contribution < -0.4 is 10.1 Å². The maximum Gasteiger partial charge on any atom is 0.416 e. The Bertz CT molecular complexity index is 2010. The van der Waals surface area contributed by atoms with Crippen molar-refractivity contribution in [3.63, 3.8) is 0 Å². The van der Waals surface area contributed by atoms with Gasteiger partial charge in [-0.3, -0.25) is 24.6 Å². The predicted molar refractivity (Wildman–Crippen MR) is 165 cm³/mol. The fourth-order valence-corrected chi connectivity index (χ4v) is 6.93. The number of carbonyl (C=O) groups is 3. The topological polar surface area (TPSA) is 112 Å². The Morgan fingerprint density at radius 3 is 2.32 bits per heavy atom. The SMILES string of the molecule is O=C1C2C(c3cccc(Oc4cccc(C(F)(F)F)c4)c3)NC(Cc3c[nH]c4ccccc34)(C(=O)O)C2C(=O)N1Cc1ccccc1. The average molecular weight is 640 g/mol. The number of nitrogens with one attached hydrogen (secondary N) is 2. The molecule has 47 heavy (non-hydrogen) atoms. The van der Waals surface area contributed by atoms with E-state index in [9.17, 15) is 32.7 Å². The van der Waals surface area contributed by atoms with Crippen molar-refractivity contribution < 1.29 is 37.4 Å². The van der Waals surface area contributed by atoms with Gasteiger partial charge in [0.2, 0.25) is 11.8 Å². The molecule has 0 bridgehead atoms. The summed E-state index contributed by atoms with van der Waals surface area (Å²) in [6.07, 6.45) is -2.94. The number of nitrogens with zero attached hydrogens (tertiary/aromatic N) is 1. The Morgan fingerprint density at radius 2 is 1.57 bits per heavy atom. The van der Waals surface area contributed by atoms with Crippen LogP contribution in [0.3, 0.4) is 0 Å². The zero-order chi connectivity index (χ0) is 32.9. The fraction of sp³-hybridized carbons (Fsp3) is 0.194. The van der Waals surface area contributed by atoms with Crippen LogP contribution in [-0.4, -0.2) is 38.3 Å². The molecule has 8 nitrogen and oxygen atoms in total. The molecular formula is C36H28F3N3O5. The first-order valence-corrected chi connectivity index (χ1v) is 15.0. The second-order valence-electron chi connectivity index (χ2n) is 11.9. The second-order valence-corrected chi connectivity index (χ2v) is 11.9. The maximum atomic E-state index is 14.2. The van der Waals surface area contributed by atoms with E-state index in [1.807, 2.05) is 30.3 Å². The molecule has 3 N–H and O–H groups in total. The van der Waals surface area contributed by atoms with Crippen LogP contribution in [0.1, 0.15) is 28.3 Å². The summed E-state index contributed by atoms with van der Waals surface area (Å²) < 4.78 is 45.8. The van der Waals surface area contributed by atoms with Crippen molar-refractivity contribution in [2.45, 2.75) is 30.7 Å². The Kier molecular flexibility index (Phi) is 7.35. The minimum Gasteiger partial charge on any atom is -0.480 e. The molecule has 5 aromatic rings. The number of aliphatic carboxylic acids is 1. The van der Waals surface area contributed by atoms with E-state index in [4.69, 9.17) is 4.74 Å². The van der Waals surface area contributed by atoms with E-state index in [1.165, 1.54) is 12.1 Å². The molecule has 2 saturated heterocycles. The van der Waals surface area contributed by atoms with Crippen molar-refractivity contribution in [1.82, 2.24) is 15.2 Å². The van der Waals surface area contributed by atoms with Gasteiger partial charge in [0.1, 0.15) is 17.0 Å². The lowest BCUT2D eigenvalue weighted by molar-refractivity contribution is -0.151. The molecular weight excluding hydrogens is 611 g/mol. The molecule has 4 atom stereocenters. The van der Waals surface area contributed by atoms with Gasteiger partial charge in [-0.15, -0.1) is 0 Å². The van der Waals surface area contributed by atoms with Crippen LogP contribution in [0, 0.1) is 11.8 Å². The number of carbonyl (C=O) groups excluding carboxylic acids is 2. The second kappa shape index (κ2) is 11.4. The zero-order valence-electron chi connectivity index (χ0n) is 24.7. The van der Waals surface area contributed by atoms with E-state index in [0.29, 0.717) is 16.7 Å². The molecule has 4 aromatic carbocycles. The number of halogens is 3. The van der Waals surface area contributed by atoms with Crippen LogP contribution in [0.25, 0.3) is 10.9 Å². The van der Waals surface area contributed by atoms with Crippen molar-refractivity contribution >= 4 is 28.7 Å². The van der Waals surface area contributed by atoms with E-state index >= 15 is 0 Å². The third-order valence-electron chi connectivity index (χ3n) is 9.07. The Labute approximate surface area is 266 Å². The smallest absolute Gasteiger partial charge is 0.416 e. The van der Waals surface area contributed by atoms with Gasteiger partial charge < -0.3 is 14.8 Å². The minimum absolute atomic E-state index is 0.0142. The molecule has 0 saturated carbocycles. The van der Waals surface area contributed by atoms with Gasteiger partial charge in [-0.1, -0.05) is 66.7 Å². The third-order valence-corrected chi connectivity index (χ3v) is 9.07. The molecule has 2 aliphatic rings. The van der Waals surface area contributed by atoms with E-state index in [0.717, 1.165) is 27.9 Å². The summed E-state index contributed by atoms with van der Waals surface area (Å²) in [5.41, 5.74) is -0.104. The Balaban J connectivity index is 1.29. The van der Waals surface area contributed by atoms with Crippen LogP contribution in [-0.2, 0) is 33.5 Å². The molecule has 7 rings (SSSR count). The number of H-pyrrole nitrogens is 1. The van der Waals surface area contributed by atoms with Gasteiger partial charge in [0.25, 0.3) is 0 Å². The molecule has 4 unspecified atom stereocenters. The van der Waals surface area contributed by atoms with E-state index in [2.05, 4.69) is 10.3 Å². The van der Waals surface area contributed by atoms with Crippen molar-refractivity contribution in [3.05, 3.63) is 132 Å². The highest BCUT2D eigenvalue weighted by atomic mass is 19.4. The molecule has 2 amide bonds. The number of aromatic nitrogens is 1. The normalized spacial score (nSPS) is 22.5.